The first-order valence-electron chi connectivity index (χ1n) is 8.95. The van der Waals surface area contributed by atoms with Crippen molar-refractivity contribution in [3.05, 3.63) is 29.8 Å². The summed E-state index contributed by atoms with van der Waals surface area (Å²) in [5, 5.41) is 0. The number of benzene rings is 1. The number of hydrogen-bond donors (Lipinski definition) is 0. The lowest BCUT2D eigenvalue weighted by atomic mass is 10.0. The molecule has 24 heavy (non-hydrogen) atoms. The third-order valence-corrected chi connectivity index (χ3v) is 7.07. The monoisotopic (exact) mass is 350 g/mol. The van der Waals surface area contributed by atoms with Crippen LogP contribution in [0.15, 0.2) is 29.2 Å². The lowest BCUT2D eigenvalue weighted by Gasteiger charge is -2.34. The van der Waals surface area contributed by atoms with Gasteiger partial charge in [0.25, 0.3) is 5.91 Å². The van der Waals surface area contributed by atoms with Gasteiger partial charge in [0.15, 0.2) is 0 Å². The maximum absolute atomic E-state index is 13.1. The molecular formula is C18H26N2O3S. The topological polar surface area (TPSA) is 57.7 Å². The largest absolute Gasteiger partial charge is 0.339 e. The summed E-state index contributed by atoms with van der Waals surface area (Å²) in [7, 11) is -3.54. The van der Waals surface area contributed by atoms with E-state index < -0.39 is 10.0 Å². The summed E-state index contributed by atoms with van der Waals surface area (Å²) >= 11 is 0. The average molecular weight is 350 g/mol. The van der Waals surface area contributed by atoms with Crippen molar-refractivity contribution in [2.75, 3.05) is 19.6 Å². The van der Waals surface area contributed by atoms with Crippen LogP contribution in [0.4, 0.5) is 0 Å². The van der Waals surface area contributed by atoms with Crippen LogP contribution in [0.1, 0.15) is 55.8 Å². The lowest BCUT2D eigenvalue weighted by molar-refractivity contribution is 0.0792. The number of carbonyl (C=O) groups is 1. The third-order valence-electron chi connectivity index (χ3n) is 5.13. The van der Waals surface area contributed by atoms with E-state index in [1.165, 1.54) is 0 Å². The number of sulfonamides is 1. The van der Waals surface area contributed by atoms with Crippen molar-refractivity contribution >= 4 is 15.9 Å². The highest BCUT2D eigenvalue weighted by atomic mass is 32.2. The predicted molar refractivity (Wildman–Crippen MR) is 93.4 cm³/mol. The Kier molecular flexibility index (Phi) is 5.25. The molecule has 6 heteroatoms. The van der Waals surface area contributed by atoms with E-state index in [1.807, 2.05) is 11.8 Å². The average Bonchev–Trinajstić information content (AvgIpc) is 3.15. The fraction of sp³-hybridized carbons (Fsp3) is 0.611. The highest BCUT2D eigenvalue weighted by Crippen LogP contribution is 2.27. The van der Waals surface area contributed by atoms with Gasteiger partial charge in [0, 0.05) is 31.2 Å². The van der Waals surface area contributed by atoms with E-state index in [1.54, 1.807) is 28.6 Å². The van der Waals surface area contributed by atoms with Crippen molar-refractivity contribution in [2.24, 2.45) is 0 Å². The summed E-state index contributed by atoms with van der Waals surface area (Å²) in [5.74, 6) is -0.0600. The van der Waals surface area contributed by atoms with Crippen molar-refractivity contribution in [1.82, 2.24) is 9.21 Å². The molecule has 2 fully saturated rings. The van der Waals surface area contributed by atoms with Gasteiger partial charge in [-0.2, -0.15) is 4.31 Å². The molecule has 2 aliphatic heterocycles. The number of piperidine rings is 1. The Morgan fingerprint density at radius 2 is 1.83 bits per heavy atom. The zero-order valence-electron chi connectivity index (χ0n) is 14.3. The van der Waals surface area contributed by atoms with Gasteiger partial charge in [-0.15, -0.1) is 0 Å². The number of likely N-dealkylation sites (tertiary alicyclic amines) is 1. The highest BCUT2D eigenvalue weighted by molar-refractivity contribution is 7.89. The molecule has 1 aromatic rings. The van der Waals surface area contributed by atoms with Crippen LogP contribution in [0.25, 0.3) is 0 Å². The molecule has 1 unspecified atom stereocenters. The van der Waals surface area contributed by atoms with Gasteiger partial charge in [-0.05, 0) is 50.3 Å². The van der Waals surface area contributed by atoms with Gasteiger partial charge in [-0.25, -0.2) is 8.42 Å². The lowest BCUT2D eigenvalue weighted by Crippen LogP contribution is -2.43. The fourth-order valence-electron chi connectivity index (χ4n) is 3.73. The number of hydrogen-bond acceptors (Lipinski definition) is 3. The molecule has 1 amide bonds. The molecule has 0 aromatic heterocycles. The van der Waals surface area contributed by atoms with E-state index in [4.69, 9.17) is 0 Å². The van der Waals surface area contributed by atoms with E-state index >= 15 is 0 Å². The maximum atomic E-state index is 13.1. The van der Waals surface area contributed by atoms with E-state index in [-0.39, 0.29) is 16.8 Å². The fourth-order valence-corrected chi connectivity index (χ4v) is 5.54. The van der Waals surface area contributed by atoms with Crippen molar-refractivity contribution in [3.63, 3.8) is 0 Å². The molecule has 0 radical (unpaired) electrons. The summed E-state index contributed by atoms with van der Waals surface area (Å²) in [6.45, 7) is 4.14. The minimum atomic E-state index is -3.54. The maximum Gasteiger partial charge on any atom is 0.253 e. The molecule has 1 aromatic carbocycles. The number of rotatable bonds is 4. The number of nitrogens with zero attached hydrogens (tertiary/aromatic N) is 2. The molecule has 0 N–H and O–H groups in total. The quantitative estimate of drug-likeness (QED) is 0.839. The van der Waals surface area contributed by atoms with Crippen LogP contribution in [0.3, 0.4) is 0 Å². The molecule has 0 saturated carbocycles. The Balaban J connectivity index is 1.88. The summed E-state index contributed by atoms with van der Waals surface area (Å²) in [4.78, 5) is 14.6. The summed E-state index contributed by atoms with van der Waals surface area (Å²) in [6, 6.07) is 6.63. The molecule has 2 aliphatic rings. The number of carbonyl (C=O) groups excluding carboxylic acids is 1. The van der Waals surface area contributed by atoms with Gasteiger partial charge in [-0.1, -0.05) is 19.4 Å². The molecule has 2 heterocycles. The van der Waals surface area contributed by atoms with Crippen molar-refractivity contribution in [1.29, 1.82) is 0 Å². The molecule has 132 valence electrons. The van der Waals surface area contributed by atoms with Crippen LogP contribution in [-0.2, 0) is 10.0 Å². The summed E-state index contributed by atoms with van der Waals surface area (Å²) < 4.78 is 27.7. The first kappa shape index (κ1) is 17.4. The zero-order valence-corrected chi connectivity index (χ0v) is 15.1. The molecule has 5 nitrogen and oxygen atoms in total. The van der Waals surface area contributed by atoms with Crippen molar-refractivity contribution in [2.45, 2.75) is 56.4 Å². The standard InChI is InChI=1S/C18H26N2O3S/c1-2-16-9-3-4-13-20(16)24(22,23)17-10-7-8-15(14-17)18(21)19-11-5-6-12-19/h7-8,10,14,16H,2-6,9,11-13H2,1H3. The van der Waals surface area contributed by atoms with Crippen LogP contribution in [0.5, 0.6) is 0 Å². The van der Waals surface area contributed by atoms with Gasteiger partial charge >= 0.3 is 0 Å². The second-order valence-electron chi connectivity index (χ2n) is 6.70. The molecular weight excluding hydrogens is 324 g/mol. The molecule has 0 aliphatic carbocycles. The first-order chi connectivity index (χ1) is 11.5. The van der Waals surface area contributed by atoms with E-state index in [0.29, 0.717) is 12.1 Å². The normalized spacial score (nSPS) is 22.7. The molecule has 2 saturated heterocycles. The van der Waals surface area contributed by atoms with Crippen LogP contribution in [0.2, 0.25) is 0 Å². The van der Waals surface area contributed by atoms with Crippen LogP contribution in [-0.4, -0.2) is 49.2 Å². The summed E-state index contributed by atoms with van der Waals surface area (Å²) in [5.41, 5.74) is 0.475. The van der Waals surface area contributed by atoms with Gasteiger partial charge in [-0.3, -0.25) is 4.79 Å². The Labute approximate surface area is 144 Å². The number of amides is 1. The van der Waals surface area contributed by atoms with Gasteiger partial charge in [0.05, 0.1) is 4.90 Å². The smallest absolute Gasteiger partial charge is 0.253 e. The molecule has 3 rings (SSSR count). The van der Waals surface area contributed by atoms with Crippen molar-refractivity contribution < 1.29 is 13.2 Å². The zero-order chi connectivity index (χ0) is 17.2. The molecule has 0 spiro atoms. The highest BCUT2D eigenvalue weighted by Gasteiger charge is 2.33. The SMILES string of the molecule is CCC1CCCCN1S(=O)(=O)c1cccc(C(=O)N2CCCC2)c1. The minimum absolute atomic E-state index is 0.0600. The second kappa shape index (κ2) is 7.23. The van der Waals surface area contributed by atoms with E-state index in [2.05, 4.69) is 0 Å². The Hall–Kier alpha value is -1.40. The predicted octanol–water partition coefficient (Wildman–Crippen LogP) is 2.88. The Bertz CT molecular complexity index is 696. The van der Waals surface area contributed by atoms with Crippen molar-refractivity contribution in [3.8, 4) is 0 Å². The van der Waals surface area contributed by atoms with Crippen LogP contribution in [0, 0.1) is 0 Å². The van der Waals surface area contributed by atoms with E-state index in [0.717, 1.165) is 51.6 Å². The third kappa shape index (κ3) is 3.35. The second-order valence-corrected chi connectivity index (χ2v) is 8.59. The van der Waals surface area contributed by atoms with Gasteiger partial charge in [0.2, 0.25) is 10.0 Å². The van der Waals surface area contributed by atoms with Gasteiger partial charge < -0.3 is 4.90 Å². The summed E-state index contributed by atoms with van der Waals surface area (Å²) in [6.07, 6.45) is 5.78. The van der Waals surface area contributed by atoms with Crippen LogP contribution >= 0.6 is 0 Å². The van der Waals surface area contributed by atoms with Gasteiger partial charge in [0.1, 0.15) is 0 Å². The minimum Gasteiger partial charge on any atom is -0.339 e. The first-order valence-corrected chi connectivity index (χ1v) is 10.4. The Morgan fingerprint density at radius 3 is 2.54 bits per heavy atom. The van der Waals surface area contributed by atoms with Crippen LogP contribution < -0.4 is 0 Å². The Morgan fingerprint density at radius 1 is 1.12 bits per heavy atom. The molecule has 1 atom stereocenters. The van der Waals surface area contributed by atoms with E-state index in [9.17, 15) is 13.2 Å². The molecule has 0 bridgehead atoms.